The molecular weight excluding hydrogens is 314 g/mol. The third kappa shape index (κ3) is 3.29. The van der Waals surface area contributed by atoms with Crippen molar-refractivity contribution in [3.05, 3.63) is 29.0 Å². The maximum absolute atomic E-state index is 4.56. The van der Waals surface area contributed by atoms with E-state index in [1.165, 1.54) is 18.5 Å². The van der Waals surface area contributed by atoms with Gasteiger partial charge in [-0.15, -0.1) is 0 Å². The lowest BCUT2D eigenvalue weighted by Gasteiger charge is -2.28. The monoisotopic (exact) mass is 335 g/mol. The number of rotatable bonds is 6. The summed E-state index contributed by atoms with van der Waals surface area (Å²) in [6.07, 6.45) is 6.16. The molecule has 0 aliphatic heterocycles. The quantitative estimate of drug-likeness (QED) is 0.768. The van der Waals surface area contributed by atoms with Crippen molar-refractivity contribution in [2.45, 2.75) is 33.6 Å². The van der Waals surface area contributed by atoms with Gasteiger partial charge in [0.15, 0.2) is 0 Å². The Morgan fingerprint density at radius 2 is 1.95 bits per heavy atom. The van der Waals surface area contributed by atoms with Crippen LogP contribution in [0.1, 0.15) is 33.6 Å². The lowest BCUT2D eigenvalue weighted by atomic mass is 10.0. The highest BCUT2D eigenvalue weighted by Crippen LogP contribution is 2.26. The Labute approximate surface area is 129 Å². The number of hydrogen-bond acceptors (Lipinski definition) is 3. The normalized spacial score (nSPS) is 11.2. The SMILES string of the molecule is CCC(CC)CN(CC)c1ccnc2cc(Br)cnc12. The average Bonchev–Trinajstić information content (AvgIpc) is 2.48. The van der Waals surface area contributed by atoms with E-state index in [4.69, 9.17) is 0 Å². The van der Waals surface area contributed by atoms with Gasteiger partial charge in [-0.3, -0.25) is 9.97 Å². The van der Waals surface area contributed by atoms with Crippen molar-refractivity contribution in [2.24, 2.45) is 5.92 Å². The molecule has 4 heteroatoms. The van der Waals surface area contributed by atoms with Gasteiger partial charge in [0.1, 0.15) is 5.52 Å². The third-order valence-corrected chi connectivity index (χ3v) is 4.31. The van der Waals surface area contributed by atoms with Crippen LogP contribution in [0.2, 0.25) is 0 Å². The second kappa shape index (κ2) is 7.02. The Morgan fingerprint density at radius 3 is 2.60 bits per heavy atom. The summed E-state index contributed by atoms with van der Waals surface area (Å²) in [5, 5.41) is 0. The van der Waals surface area contributed by atoms with E-state index >= 15 is 0 Å². The highest BCUT2D eigenvalue weighted by atomic mass is 79.9. The summed E-state index contributed by atoms with van der Waals surface area (Å²) >= 11 is 3.46. The number of aromatic nitrogens is 2. The van der Waals surface area contributed by atoms with Gasteiger partial charge in [0, 0.05) is 30.0 Å². The van der Waals surface area contributed by atoms with E-state index in [1.54, 1.807) is 0 Å². The van der Waals surface area contributed by atoms with Crippen LogP contribution in [0.25, 0.3) is 11.0 Å². The van der Waals surface area contributed by atoms with Crippen LogP contribution in [0.3, 0.4) is 0 Å². The summed E-state index contributed by atoms with van der Waals surface area (Å²) in [6.45, 7) is 8.81. The first-order chi connectivity index (χ1) is 9.69. The van der Waals surface area contributed by atoms with Gasteiger partial charge in [-0.05, 0) is 40.9 Å². The summed E-state index contributed by atoms with van der Waals surface area (Å²) in [4.78, 5) is 11.4. The molecule has 108 valence electrons. The number of pyridine rings is 2. The van der Waals surface area contributed by atoms with Gasteiger partial charge in [0.05, 0.1) is 11.2 Å². The Balaban J connectivity index is 2.39. The minimum atomic E-state index is 0.730. The molecule has 2 aromatic rings. The Morgan fingerprint density at radius 1 is 1.20 bits per heavy atom. The molecule has 0 radical (unpaired) electrons. The summed E-state index contributed by atoms with van der Waals surface area (Å²) in [5.41, 5.74) is 3.13. The molecule has 0 saturated heterocycles. The molecule has 0 aliphatic rings. The van der Waals surface area contributed by atoms with Gasteiger partial charge in [0.25, 0.3) is 0 Å². The minimum Gasteiger partial charge on any atom is -0.370 e. The molecule has 0 bridgehead atoms. The number of nitrogens with zero attached hydrogens (tertiary/aromatic N) is 3. The molecule has 20 heavy (non-hydrogen) atoms. The number of hydrogen-bond donors (Lipinski definition) is 0. The molecule has 0 aliphatic carbocycles. The van der Waals surface area contributed by atoms with Crippen LogP contribution < -0.4 is 4.90 Å². The van der Waals surface area contributed by atoms with Crippen LogP contribution in [-0.2, 0) is 0 Å². The van der Waals surface area contributed by atoms with Gasteiger partial charge in [-0.1, -0.05) is 26.7 Å². The number of anilines is 1. The topological polar surface area (TPSA) is 29.0 Å². The van der Waals surface area contributed by atoms with Gasteiger partial charge in [0.2, 0.25) is 0 Å². The zero-order chi connectivity index (χ0) is 14.5. The highest BCUT2D eigenvalue weighted by molar-refractivity contribution is 9.10. The molecule has 2 heterocycles. The van der Waals surface area contributed by atoms with E-state index in [0.29, 0.717) is 0 Å². The highest BCUT2D eigenvalue weighted by Gasteiger charge is 2.14. The van der Waals surface area contributed by atoms with Gasteiger partial charge in [-0.25, -0.2) is 0 Å². The van der Waals surface area contributed by atoms with Crippen molar-refractivity contribution >= 4 is 32.7 Å². The molecule has 2 rings (SSSR count). The molecule has 0 atom stereocenters. The van der Waals surface area contributed by atoms with Crippen molar-refractivity contribution in [2.75, 3.05) is 18.0 Å². The Bertz CT molecular complexity index is 567. The van der Waals surface area contributed by atoms with Crippen LogP contribution in [0, 0.1) is 5.92 Å². The van der Waals surface area contributed by atoms with E-state index in [9.17, 15) is 0 Å². The molecule has 0 spiro atoms. The minimum absolute atomic E-state index is 0.730. The van der Waals surface area contributed by atoms with E-state index in [2.05, 4.69) is 57.6 Å². The zero-order valence-electron chi connectivity index (χ0n) is 12.4. The Kier molecular flexibility index (Phi) is 5.35. The lowest BCUT2D eigenvalue weighted by Crippen LogP contribution is -2.29. The van der Waals surface area contributed by atoms with E-state index in [0.717, 1.165) is 34.5 Å². The van der Waals surface area contributed by atoms with Crippen molar-refractivity contribution in [3.8, 4) is 0 Å². The van der Waals surface area contributed by atoms with Gasteiger partial charge >= 0.3 is 0 Å². The molecule has 0 aromatic carbocycles. The summed E-state index contributed by atoms with van der Waals surface area (Å²) in [7, 11) is 0. The average molecular weight is 336 g/mol. The fourth-order valence-electron chi connectivity index (χ4n) is 2.50. The first-order valence-corrected chi connectivity index (χ1v) is 8.14. The van der Waals surface area contributed by atoms with Crippen LogP contribution in [-0.4, -0.2) is 23.1 Å². The second-order valence-corrected chi connectivity index (χ2v) is 5.99. The molecule has 0 saturated carbocycles. The van der Waals surface area contributed by atoms with Crippen LogP contribution in [0.5, 0.6) is 0 Å². The van der Waals surface area contributed by atoms with Gasteiger partial charge in [-0.2, -0.15) is 0 Å². The first kappa shape index (κ1) is 15.2. The first-order valence-electron chi connectivity index (χ1n) is 7.34. The summed E-state index contributed by atoms with van der Waals surface area (Å²) in [6, 6.07) is 4.10. The smallest absolute Gasteiger partial charge is 0.112 e. The van der Waals surface area contributed by atoms with Crippen molar-refractivity contribution in [3.63, 3.8) is 0 Å². The van der Waals surface area contributed by atoms with Gasteiger partial charge < -0.3 is 4.90 Å². The predicted molar refractivity (Wildman–Crippen MR) is 89.2 cm³/mol. The molecular formula is C16H22BrN3. The largest absolute Gasteiger partial charge is 0.370 e. The van der Waals surface area contributed by atoms with Crippen LogP contribution >= 0.6 is 15.9 Å². The second-order valence-electron chi connectivity index (χ2n) is 5.07. The molecule has 3 nitrogen and oxygen atoms in total. The van der Waals surface area contributed by atoms with E-state index in [1.807, 2.05) is 18.5 Å². The number of fused-ring (bicyclic) bond motifs is 1. The molecule has 0 unspecified atom stereocenters. The lowest BCUT2D eigenvalue weighted by molar-refractivity contribution is 0.486. The molecule has 0 fully saturated rings. The van der Waals surface area contributed by atoms with Crippen LogP contribution in [0.15, 0.2) is 29.0 Å². The maximum atomic E-state index is 4.56. The molecule has 0 N–H and O–H groups in total. The summed E-state index contributed by atoms with van der Waals surface area (Å²) in [5.74, 6) is 0.730. The predicted octanol–water partition coefficient (Wildman–Crippen LogP) is 4.65. The van der Waals surface area contributed by atoms with E-state index in [-0.39, 0.29) is 0 Å². The molecule has 0 amide bonds. The van der Waals surface area contributed by atoms with E-state index < -0.39 is 0 Å². The fraction of sp³-hybridized carbons (Fsp3) is 0.500. The van der Waals surface area contributed by atoms with Crippen LogP contribution in [0.4, 0.5) is 5.69 Å². The standard InChI is InChI=1S/C16H22BrN3/c1-4-12(5-2)11-20(6-3)15-7-8-18-14-9-13(17)10-19-16(14)15/h7-10,12H,4-6,11H2,1-3H3. The fourth-order valence-corrected chi connectivity index (χ4v) is 2.82. The number of halogens is 1. The summed E-state index contributed by atoms with van der Waals surface area (Å²) < 4.78 is 0.970. The van der Waals surface area contributed by atoms with Crippen molar-refractivity contribution in [1.82, 2.24) is 9.97 Å². The van der Waals surface area contributed by atoms with Crippen molar-refractivity contribution < 1.29 is 0 Å². The third-order valence-electron chi connectivity index (χ3n) is 3.88. The molecule has 2 aromatic heterocycles. The van der Waals surface area contributed by atoms with Crippen molar-refractivity contribution in [1.29, 1.82) is 0 Å². The zero-order valence-corrected chi connectivity index (χ0v) is 14.0. The maximum Gasteiger partial charge on any atom is 0.112 e. The Hall–Kier alpha value is -1.16.